The lowest BCUT2D eigenvalue weighted by atomic mass is 9.98. The number of aromatic nitrogens is 4. The third-order valence-electron chi connectivity index (χ3n) is 5.79. The maximum absolute atomic E-state index is 14.1. The van der Waals surface area contributed by atoms with Crippen molar-refractivity contribution in [1.82, 2.24) is 25.3 Å². The zero-order valence-corrected chi connectivity index (χ0v) is 18.8. The van der Waals surface area contributed by atoms with Gasteiger partial charge in [-0.15, -0.1) is 10.2 Å². The van der Waals surface area contributed by atoms with Gasteiger partial charge in [0, 0.05) is 30.1 Å². The lowest BCUT2D eigenvalue weighted by Crippen LogP contribution is -2.39. The standard InChI is InChI=1S/C24H22FN5O2S/c1-32-21-11-5-3-9-17(21)19-13-20(27-26-19)24(31)30-12-6-7-15(14-30)22-28-29-23(33-22)16-8-2-4-10-18(16)25/h2-5,8-11,13,15H,6-7,12,14H2,1H3,(H,26,27). The summed E-state index contributed by atoms with van der Waals surface area (Å²) in [5.74, 6) is 0.346. The number of nitrogens with one attached hydrogen (secondary N) is 1. The third-order valence-corrected chi connectivity index (χ3v) is 6.91. The number of carbonyl (C=O) groups is 1. The van der Waals surface area contributed by atoms with Crippen molar-refractivity contribution in [3.05, 3.63) is 71.1 Å². The van der Waals surface area contributed by atoms with Gasteiger partial charge < -0.3 is 9.64 Å². The number of likely N-dealkylation sites (tertiary alicyclic amines) is 1. The molecular formula is C24H22FN5O2S. The molecule has 1 aliphatic rings. The summed E-state index contributed by atoms with van der Waals surface area (Å²) in [5, 5.41) is 17.1. The Morgan fingerprint density at radius 3 is 2.76 bits per heavy atom. The van der Waals surface area contributed by atoms with E-state index in [-0.39, 0.29) is 17.6 Å². The van der Waals surface area contributed by atoms with Crippen LogP contribution in [0.25, 0.3) is 21.8 Å². The molecule has 1 saturated heterocycles. The summed E-state index contributed by atoms with van der Waals surface area (Å²) < 4.78 is 19.5. The number of piperidine rings is 1. The van der Waals surface area contributed by atoms with Crippen molar-refractivity contribution < 1.29 is 13.9 Å². The normalized spacial score (nSPS) is 16.1. The maximum atomic E-state index is 14.1. The summed E-state index contributed by atoms with van der Waals surface area (Å²) in [7, 11) is 1.61. The second kappa shape index (κ2) is 9.11. The fourth-order valence-corrected chi connectivity index (χ4v) is 5.10. The molecule has 9 heteroatoms. The quantitative estimate of drug-likeness (QED) is 0.461. The number of benzene rings is 2. The van der Waals surface area contributed by atoms with Crippen molar-refractivity contribution >= 4 is 17.2 Å². The van der Waals surface area contributed by atoms with E-state index in [2.05, 4.69) is 20.4 Å². The van der Waals surface area contributed by atoms with Crippen molar-refractivity contribution in [1.29, 1.82) is 0 Å². The Morgan fingerprint density at radius 1 is 1.15 bits per heavy atom. The molecule has 1 fully saturated rings. The molecule has 1 N–H and O–H groups in total. The molecule has 1 atom stereocenters. The third kappa shape index (κ3) is 4.23. The summed E-state index contributed by atoms with van der Waals surface area (Å²) >= 11 is 1.39. The molecule has 0 bridgehead atoms. The van der Waals surface area contributed by atoms with Gasteiger partial charge in [0.15, 0.2) is 5.01 Å². The summed E-state index contributed by atoms with van der Waals surface area (Å²) in [6.07, 6.45) is 1.77. The summed E-state index contributed by atoms with van der Waals surface area (Å²) in [4.78, 5) is 15.0. The van der Waals surface area contributed by atoms with Crippen LogP contribution in [0.4, 0.5) is 4.39 Å². The van der Waals surface area contributed by atoms with Crippen LogP contribution in [0.5, 0.6) is 5.75 Å². The van der Waals surface area contributed by atoms with E-state index >= 15 is 0 Å². The Bertz CT molecular complexity index is 1290. The number of halogens is 1. The minimum atomic E-state index is -0.314. The van der Waals surface area contributed by atoms with Crippen molar-refractivity contribution in [3.8, 4) is 27.6 Å². The van der Waals surface area contributed by atoms with Crippen molar-refractivity contribution in [2.75, 3.05) is 20.2 Å². The summed E-state index contributed by atoms with van der Waals surface area (Å²) in [6.45, 7) is 1.20. The van der Waals surface area contributed by atoms with Crippen LogP contribution in [-0.2, 0) is 0 Å². The summed E-state index contributed by atoms with van der Waals surface area (Å²) in [5.41, 5.74) is 2.36. The van der Waals surface area contributed by atoms with Crippen LogP contribution in [0.1, 0.15) is 34.3 Å². The number of rotatable bonds is 5. The van der Waals surface area contributed by atoms with Gasteiger partial charge in [-0.25, -0.2) is 4.39 Å². The Labute approximate surface area is 194 Å². The van der Waals surface area contributed by atoms with E-state index in [1.165, 1.54) is 17.4 Å². The first kappa shape index (κ1) is 21.3. The molecule has 5 rings (SSSR count). The molecule has 2 aromatic carbocycles. The van der Waals surface area contributed by atoms with Gasteiger partial charge in [-0.3, -0.25) is 9.89 Å². The first-order chi connectivity index (χ1) is 16.1. The van der Waals surface area contributed by atoms with Gasteiger partial charge in [-0.2, -0.15) is 5.10 Å². The number of hydrogen-bond acceptors (Lipinski definition) is 6. The van der Waals surface area contributed by atoms with Crippen molar-refractivity contribution in [3.63, 3.8) is 0 Å². The van der Waals surface area contributed by atoms with Gasteiger partial charge in [-0.05, 0) is 43.2 Å². The Hall–Kier alpha value is -3.59. The van der Waals surface area contributed by atoms with Gasteiger partial charge in [0.25, 0.3) is 5.91 Å². The Kier molecular flexibility index (Phi) is 5.87. The van der Waals surface area contributed by atoms with Crippen LogP contribution in [0, 0.1) is 5.82 Å². The van der Waals surface area contributed by atoms with E-state index in [1.54, 1.807) is 31.4 Å². The van der Waals surface area contributed by atoms with Gasteiger partial charge in [0.1, 0.15) is 22.3 Å². The van der Waals surface area contributed by atoms with Crippen LogP contribution in [0.3, 0.4) is 0 Å². The van der Waals surface area contributed by atoms with Crippen molar-refractivity contribution in [2.45, 2.75) is 18.8 Å². The lowest BCUT2D eigenvalue weighted by Gasteiger charge is -2.31. The molecular weight excluding hydrogens is 441 g/mol. The molecule has 0 aliphatic carbocycles. The van der Waals surface area contributed by atoms with E-state index in [0.29, 0.717) is 40.8 Å². The number of hydrogen-bond donors (Lipinski definition) is 1. The highest BCUT2D eigenvalue weighted by atomic mass is 32.1. The Balaban J connectivity index is 1.32. The highest BCUT2D eigenvalue weighted by molar-refractivity contribution is 7.14. The predicted octanol–water partition coefficient (Wildman–Crippen LogP) is 4.76. The smallest absolute Gasteiger partial charge is 0.271 e. The predicted molar refractivity (Wildman–Crippen MR) is 124 cm³/mol. The largest absolute Gasteiger partial charge is 0.496 e. The Morgan fingerprint density at radius 2 is 1.94 bits per heavy atom. The zero-order chi connectivity index (χ0) is 22.8. The number of amides is 1. The molecule has 1 unspecified atom stereocenters. The SMILES string of the molecule is COc1ccccc1-c1cc(C(=O)N2CCCC(c3nnc(-c4ccccc4F)s3)C2)[nH]n1. The van der Waals surface area contributed by atoms with Gasteiger partial charge in [0.05, 0.1) is 12.8 Å². The van der Waals surface area contributed by atoms with Crippen LogP contribution < -0.4 is 4.74 Å². The van der Waals surface area contributed by atoms with Crippen LogP contribution in [-0.4, -0.2) is 51.4 Å². The van der Waals surface area contributed by atoms with E-state index in [1.807, 2.05) is 29.2 Å². The number of para-hydroxylation sites is 1. The monoisotopic (exact) mass is 463 g/mol. The number of methoxy groups -OCH3 is 1. The van der Waals surface area contributed by atoms with E-state index in [9.17, 15) is 9.18 Å². The highest BCUT2D eigenvalue weighted by Crippen LogP contribution is 2.34. The first-order valence-corrected chi connectivity index (χ1v) is 11.5. The molecule has 2 aromatic heterocycles. The zero-order valence-electron chi connectivity index (χ0n) is 18.0. The fraction of sp³-hybridized carbons (Fsp3) is 0.250. The molecule has 33 heavy (non-hydrogen) atoms. The van der Waals surface area contributed by atoms with Crippen molar-refractivity contribution in [2.24, 2.45) is 0 Å². The molecule has 7 nitrogen and oxygen atoms in total. The minimum absolute atomic E-state index is 0.0670. The van der Waals surface area contributed by atoms with Gasteiger partial charge in [-0.1, -0.05) is 35.6 Å². The lowest BCUT2D eigenvalue weighted by molar-refractivity contribution is 0.0701. The van der Waals surface area contributed by atoms with E-state index in [4.69, 9.17) is 4.74 Å². The summed E-state index contributed by atoms with van der Waals surface area (Å²) in [6, 6.07) is 15.9. The molecule has 1 aliphatic heterocycles. The van der Waals surface area contributed by atoms with E-state index < -0.39 is 0 Å². The minimum Gasteiger partial charge on any atom is -0.496 e. The second-order valence-corrected chi connectivity index (χ2v) is 8.89. The number of carbonyl (C=O) groups excluding carboxylic acids is 1. The average molecular weight is 464 g/mol. The van der Waals surface area contributed by atoms with Gasteiger partial charge >= 0.3 is 0 Å². The molecule has 3 heterocycles. The number of aromatic amines is 1. The molecule has 1 amide bonds. The molecule has 0 spiro atoms. The van der Waals surface area contributed by atoms with Gasteiger partial charge in [0.2, 0.25) is 0 Å². The van der Waals surface area contributed by atoms with Crippen LogP contribution in [0.15, 0.2) is 54.6 Å². The molecule has 0 saturated carbocycles. The average Bonchev–Trinajstić information content (AvgIpc) is 3.54. The van der Waals surface area contributed by atoms with Crippen LogP contribution in [0.2, 0.25) is 0 Å². The maximum Gasteiger partial charge on any atom is 0.271 e. The molecule has 4 aromatic rings. The first-order valence-electron chi connectivity index (χ1n) is 10.7. The second-order valence-electron chi connectivity index (χ2n) is 7.88. The fourth-order valence-electron chi connectivity index (χ4n) is 4.10. The van der Waals surface area contributed by atoms with E-state index in [0.717, 1.165) is 23.4 Å². The molecule has 0 radical (unpaired) electrons. The topological polar surface area (TPSA) is 84.0 Å². The van der Waals surface area contributed by atoms with Crippen LogP contribution >= 0.6 is 11.3 Å². The number of nitrogens with zero attached hydrogens (tertiary/aromatic N) is 4. The number of H-pyrrole nitrogens is 1. The number of ether oxygens (including phenoxy) is 1. The highest BCUT2D eigenvalue weighted by Gasteiger charge is 2.29. The molecule has 168 valence electrons.